The van der Waals surface area contributed by atoms with E-state index in [0.717, 1.165) is 37.7 Å². The molecule has 0 aromatic carbocycles. The molecule has 0 radical (unpaired) electrons. The second-order valence-electron chi connectivity index (χ2n) is 7.00. The second kappa shape index (κ2) is 9.48. The summed E-state index contributed by atoms with van der Waals surface area (Å²) in [6, 6.07) is 5.83. The van der Waals surface area contributed by atoms with Gasteiger partial charge in [-0.05, 0) is 23.6 Å². The molecule has 1 fully saturated rings. The Labute approximate surface area is 159 Å². The lowest BCUT2D eigenvalue weighted by Gasteiger charge is -2.36. The van der Waals surface area contributed by atoms with Crippen LogP contribution in [0.5, 0.6) is 0 Å². The summed E-state index contributed by atoms with van der Waals surface area (Å²) in [7, 11) is 0. The highest BCUT2D eigenvalue weighted by atomic mass is 16.5. The summed E-state index contributed by atoms with van der Waals surface area (Å²) in [4.78, 5) is 18.9. The Morgan fingerprint density at radius 3 is 2.70 bits per heavy atom. The molecule has 0 saturated carbocycles. The molecule has 3 rings (SSSR count). The largest absolute Gasteiger partial charge is 0.379 e. The minimum absolute atomic E-state index is 0.162. The number of hydrogen-bond donors (Lipinski definition) is 2. The fourth-order valence-corrected chi connectivity index (χ4v) is 3.20. The van der Waals surface area contributed by atoms with Gasteiger partial charge in [-0.2, -0.15) is 5.10 Å². The van der Waals surface area contributed by atoms with Gasteiger partial charge in [0.2, 0.25) is 0 Å². The molecule has 1 aliphatic rings. The number of hydrogen-bond acceptors (Lipinski definition) is 5. The highest BCUT2D eigenvalue weighted by Crippen LogP contribution is 2.12. The molecule has 0 aliphatic carbocycles. The summed E-state index contributed by atoms with van der Waals surface area (Å²) in [6.45, 7) is 8.79. The zero-order chi connectivity index (χ0) is 19.1. The van der Waals surface area contributed by atoms with Gasteiger partial charge in [0, 0.05) is 50.8 Å². The summed E-state index contributed by atoms with van der Waals surface area (Å²) in [5, 5.41) is 10.0. The maximum Gasteiger partial charge on any atom is 0.315 e. The van der Waals surface area contributed by atoms with Gasteiger partial charge in [0.25, 0.3) is 0 Å². The van der Waals surface area contributed by atoms with Crippen LogP contribution < -0.4 is 10.6 Å². The highest BCUT2D eigenvalue weighted by Gasteiger charge is 2.24. The van der Waals surface area contributed by atoms with Crippen LogP contribution >= 0.6 is 0 Å². The first-order valence-corrected chi connectivity index (χ1v) is 9.42. The van der Waals surface area contributed by atoms with Crippen LogP contribution in [-0.2, 0) is 11.3 Å². The lowest BCUT2D eigenvalue weighted by atomic mass is 10.0. The number of urea groups is 1. The van der Waals surface area contributed by atoms with Gasteiger partial charge in [0.15, 0.2) is 5.82 Å². The number of ether oxygens (including phenoxy) is 1. The van der Waals surface area contributed by atoms with Crippen molar-refractivity contribution in [3.8, 4) is 5.82 Å². The quantitative estimate of drug-likeness (QED) is 0.768. The first kappa shape index (κ1) is 19.3. The van der Waals surface area contributed by atoms with Gasteiger partial charge in [-0.1, -0.05) is 19.9 Å². The standard InChI is InChI=1S/C19H28N6O2/c1-15(2)17(24-8-10-27-11-9-24)14-22-19(26)21-13-16-4-5-18(20-12-16)25-7-3-6-23-25/h3-7,12,15,17H,8-11,13-14H2,1-2H3,(H2,21,22,26). The molecule has 146 valence electrons. The Morgan fingerprint density at radius 1 is 1.26 bits per heavy atom. The Hall–Kier alpha value is -2.45. The molecule has 27 heavy (non-hydrogen) atoms. The molecule has 3 heterocycles. The number of carbonyl (C=O) groups is 1. The van der Waals surface area contributed by atoms with Crippen LogP contribution in [-0.4, -0.2) is 64.6 Å². The molecule has 1 atom stereocenters. The Balaban J connectivity index is 1.44. The average molecular weight is 372 g/mol. The molecule has 0 spiro atoms. The van der Waals surface area contributed by atoms with E-state index in [4.69, 9.17) is 4.74 Å². The fraction of sp³-hybridized carbons (Fsp3) is 0.526. The van der Waals surface area contributed by atoms with E-state index in [1.165, 1.54) is 0 Å². The van der Waals surface area contributed by atoms with Crippen LogP contribution in [0, 0.1) is 5.92 Å². The van der Waals surface area contributed by atoms with Gasteiger partial charge in [-0.3, -0.25) is 4.90 Å². The molecular weight excluding hydrogens is 344 g/mol. The number of amides is 2. The van der Waals surface area contributed by atoms with E-state index >= 15 is 0 Å². The minimum Gasteiger partial charge on any atom is -0.379 e. The number of nitrogens with zero attached hydrogens (tertiary/aromatic N) is 4. The molecular formula is C19H28N6O2. The molecule has 2 amide bonds. The van der Waals surface area contributed by atoms with Gasteiger partial charge in [0.05, 0.1) is 13.2 Å². The molecule has 8 nitrogen and oxygen atoms in total. The third-order valence-electron chi connectivity index (χ3n) is 4.76. The Kier molecular flexibility index (Phi) is 6.78. The van der Waals surface area contributed by atoms with E-state index in [-0.39, 0.29) is 6.03 Å². The van der Waals surface area contributed by atoms with Crippen molar-refractivity contribution in [1.29, 1.82) is 0 Å². The molecule has 1 saturated heterocycles. The smallest absolute Gasteiger partial charge is 0.315 e. The van der Waals surface area contributed by atoms with Crippen molar-refractivity contribution >= 4 is 6.03 Å². The maximum atomic E-state index is 12.2. The summed E-state index contributed by atoms with van der Waals surface area (Å²) >= 11 is 0. The number of rotatable bonds is 7. The van der Waals surface area contributed by atoms with Gasteiger partial charge in [-0.25, -0.2) is 14.5 Å². The van der Waals surface area contributed by atoms with Gasteiger partial charge in [0.1, 0.15) is 0 Å². The summed E-state index contributed by atoms with van der Waals surface area (Å²) in [5.41, 5.74) is 0.939. The Bertz CT molecular complexity index is 695. The van der Waals surface area contributed by atoms with Crippen LogP contribution in [0.1, 0.15) is 19.4 Å². The number of carbonyl (C=O) groups excluding carboxylic acids is 1. The minimum atomic E-state index is -0.162. The highest BCUT2D eigenvalue weighted by molar-refractivity contribution is 5.73. The zero-order valence-corrected chi connectivity index (χ0v) is 16.0. The number of nitrogens with one attached hydrogen (secondary N) is 2. The van der Waals surface area contributed by atoms with Crippen molar-refractivity contribution in [2.75, 3.05) is 32.8 Å². The van der Waals surface area contributed by atoms with Crippen molar-refractivity contribution in [3.63, 3.8) is 0 Å². The molecule has 2 aromatic heterocycles. The fourth-order valence-electron chi connectivity index (χ4n) is 3.20. The zero-order valence-electron chi connectivity index (χ0n) is 16.0. The van der Waals surface area contributed by atoms with E-state index in [2.05, 4.69) is 39.5 Å². The third kappa shape index (κ3) is 5.51. The van der Waals surface area contributed by atoms with E-state index < -0.39 is 0 Å². The second-order valence-corrected chi connectivity index (χ2v) is 7.00. The van der Waals surface area contributed by atoms with E-state index in [1.54, 1.807) is 17.1 Å². The molecule has 8 heteroatoms. The average Bonchev–Trinajstić information content (AvgIpc) is 3.22. The van der Waals surface area contributed by atoms with Crippen molar-refractivity contribution in [1.82, 2.24) is 30.3 Å². The monoisotopic (exact) mass is 372 g/mol. The first-order chi connectivity index (χ1) is 13.1. The van der Waals surface area contributed by atoms with Crippen LogP contribution in [0.4, 0.5) is 4.79 Å². The van der Waals surface area contributed by atoms with Crippen molar-refractivity contribution in [2.24, 2.45) is 5.92 Å². The lowest BCUT2D eigenvalue weighted by Crippen LogP contribution is -2.52. The summed E-state index contributed by atoms with van der Waals surface area (Å²) < 4.78 is 7.12. The predicted octanol–water partition coefficient (Wildman–Crippen LogP) is 1.42. The predicted molar refractivity (Wildman–Crippen MR) is 103 cm³/mol. The Morgan fingerprint density at radius 2 is 2.07 bits per heavy atom. The van der Waals surface area contributed by atoms with Crippen LogP contribution in [0.15, 0.2) is 36.8 Å². The molecule has 1 unspecified atom stereocenters. The lowest BCUT2D eigenvalue weighted by molar-refractivity contribution is 0.00719. The van der Waals surface area contributed by atoms with Gasteiger partial charge in [-0.15, -0.1) is 0 Å². The van der Waals surface area contributed by atoms with Crippen molar-refractivity contribution in [3.05, 3.63) is 42.4 Å². The summed E-state index contributed by atoms with van der Waals surface area (Å²) in [6.07, 6.45) is 5.30. The van der Waals surface area contributed by atoms with Gasteiger partial charge < -0.3 is 15.4 Å². The molecule has 2 aromatic rings. The SMILES string of the molecule is CC(C)C(CNC(=O)NCc1ccc(-n2cccn2)nc1)N1CCOCC1. The number of pyridine rings is 1. The van der Waals surface area contributed by atoms with Crippen molar-refractivity contribution < 1.29 is 9.53 Å². The normalized spacial score (nSPS) is 16.3. The topological polar surface area (TPSA) is 84.3 Å². The van der Waals surface area contributed by atoms with E-state index in [1.807, 2.05) is 24.4 Å². The third-order valence-corrected chi connectivity index (χ3v) is 4.76. The first-order valence-electron chi connectivity index (χ1n) is 9.42. The van der Waals surface area contributed by atoms with Crippen LogP contribution in [0.2, 0.25) is 0 Å². The van der Waals surface area contributed by atoms with E-state index in [0.29, 0.717) is 25.0 Å². The van der Waals surface area contributed by atoms with Gasteiger partial charge >= 0.3 is 6.03 Å². The van der Waals surface area contributed by atoms with Crippen LogP contribution in [0.3, 0.4) is 0 Å². The van der Waals surface area contributed by atoms with E-state index in [9.17, 15) is 4.79 Å². The maximum absolute atomic E-state index is 12.2. The number of aromatic nitrogens is 3. The number of morpholine rings is 1. The van der Waals surface area contributed by atoms with Crippen molar-refractivity contribution in [2.45, 2.75) is 26.4 Å². The van der Waals surface area contributed by atoms with Crippen LogP contribution in [0.25, 0.3) is 5.82 Å². The molecule has 1 aliphatic heterocycles. The summed E-state index contributed by atoms with van der Waals surface area (Å²) in [5.74, 6) is 1.21. The molecule has 0 bridgehead atoms. The molecule has 2 N–H and O–H groups in total.